The third-order valence-electron chi connectivity index (χ3n) is 1.88. The Balaban J connectivity index is 2.07. The van der Waals surface area contributed by atoms with Gasteiger partial charge in [0.05, 0.1) is 10.9 Å². The summed E-state index contributed by atoms with van der Waals surface area (Å²) in [5.74, 6) is 0.794. The molecular formula is C9H8Cl2N4S. The average molecular weight is 275 g/mol. The molecule has 0 amide bonds. The zero-order valence-corrected chi connectivity index (χ0v) is 10.4. The van der Waals surface area contributed by atoms with Crippen LogP contribution in [-0.2, 0) is 6.54 Å². The lowest BCUT2D eigenvalue weighted by Gasteiger charge is -2.06. The van der Waals surface area contributed by atoms with Crippen LogP contribution in [0.2, 0.25) is 9.36 Å². The van der Waals surface area contributed by atoms with E-state index in [1.807, 2.05) is 12.1 Å². The summed E-state index contributed by atoms with van der Waals surface area (Å²) in [6.07, 6.45) is 1.37. The highest BCUT2D eigenvalue weighted by Gasteiger charge is 2.06. The fraction of sp³-hybridized carbons (Fsp3) is 0.111. The smallest absolute Gasteiger partial charge is 0.150 e. The Morgan fingerprint density at radius 2 is 2.12 bits per heavy atom. The first kappa shape index (κ1) is 11.4. The zero-order chi connectivity index (χ0) is 11.5. The molecule has 0 aliphatic rings. The van der Waals surface area contributed by atoms with E-state index in [4.69, 9.17) is 28.9 Å². The predicted molar refractivity (Wildman–Crippen MR) is 68.1 cm³/mol. The van der Waals surface area contributed by atoms with Gasteiger partial charge in [0.15, 0.2) is 5.82 Å². The summed E-state index contributed by atoms with van der Waals surface area (Å²) in [5, 5.41) is 3.41. The fourth-order valence-corrected chi connectivity index (χ4v) is 2.32. The maximum atomic E-state index is 5.93. The average Bonchev–Trinajstić information content (AvgIpc) is 2.67. The van der Waals surface area contributed by atoms with Crippen molar-refractivity contribution in [3.8, 4) is 0 Å². The van der Waals surface area contributed by atoms with E-state index >= 15 is 0 Å². The van der Waals surface area contributed by atoms with E-state index < -0.39 is 0 Å². The van der Waals surface area contributed by atoms with Gasteiger partial charge < -0.3 is 11.1 Å². The van der Waals surface area contributed by atoms with Gasteiger partial charge in [-0.05, 0) is 12.1 Å². The Hall–Kier alpha value is -1.04. The maximum Gasteiger partial charge on any atom is 0.150 e. The molecule has 0 spiro atoms. The van der Waals surface area contributed by atoms with Crippen LogP contribution in [0.25, 0.3) is 0 Å². The van der Waals surface area contributed by atoms with E-state index in [9.17, 15) is 0 Å². The number of nitrogens with two attached hydrogens (primary N) is 1. The van der Waals surface area contributed by atoms with Crippen LogP contribution in [-0.4, -0.2) is 9.97 Å². The van der Waals surface area contributed by atoms with Crippen molar-refractivity contribution in [1.82, 2.24) is 9.97 Å². The molecule has 0 saturated carbocycles. The topological polar surface area (TPSA) is 63.8 Å². The number of thiophene rings is 1. The number of nitrogens with zero attached hydrogens (tertiary/aromatic N) is 2. The fourth-order valence-electron chi connectivity index (χ4n) is 1.12. The van der Waals surface area contributed by atoms with Crippen molar-refractivity contribution in [3.05, 3.63) is 32.7 Å². The number of hydrogen-bond acceptors (Lipinski definition) is 5. The molecule has 0 aromatic carbocycles. The molecule has 7 heteroatoms. The van der Waals surface area contributed by atoms with Gasteiger partial charge in [-0.1, -0.05) is 23.2 Å². The van der Waals surface area contributed by atoms with E-state index in [-0.39, 0.29) is 5.82 Å². The van der Waals surface area contributed by atoms with Crippen LogP contribution >= 0.6 is 34.5 Å². The summed E-state index contributed by atoms with van der Waals surface area (Å²) >= 11 is 13.2. The molecule has 0 atom stereocenters. The van der Waals surface area contributed by atoms with Gasteiger partial charge in [0.1, 0.15) is 17.2 Å². The Kier molecular flexibility index (Phi) is 3.48. The Morgan fingerprint density at radius 3 is 2.81 bits per heavy atom. The van der Waals surface area contributed by atoms with E-state index in [1.54, 1.807) is 0 Å². The van der Waals surface area contributed by atoms with Gasteiger partial charge in [-0.25, -0.2) is 9.97 Å². The molecule has 3 N–H and O–H groups in total. The van der Waals surface area contributed by atoms with Gasteiger partial charge in [-0.3, -0.25) is 0 Å². The molecule has 84 valence electrons. The highest BCUT2D eigenvalue weighted by Crippen LogP contribution is 2.25. The summed E-state index contributed by atoms with van der Waals surface area (Å²) in [4.78, 5) is 8.87. The van der Waals surface area contributed by atoms with E-state index in [0.29, 0.717) is 17.4 Å². The molecule has 0 unspecified atom stereocenters. The summed E-state index contributed by atoms with van der Waals surface area (Å²) in [7, 11) is 0. The second-order valence-electron chi connectivity index (χ2n) is 2.98. The third kappa shape index (κ3) is 2.55. The van der Waals surface area contributed by atoms with Crippen molar-refractivity contribution in [2.45, 2.75) is 6.54 Å². The molecule has 0 bridgehead atoms. The molecule has 2 aromatic rings. The third-order valence-corrected chi connectivity index (χ3v) is 3.48. The molecule has 4 nitrogen and oxygen atoms in total. The standard InChI is InChI=1S/C9H8Cl2N4S/c10-6-2-1-5(16-6)3-13-9-7(11)8(12)14-4-15-9/h1-2,4H,3H2,(H3,12,13,14,15). The number of halogens is 2. The lowest BCUT2D eigenvalue weighted by molar-refractivity contribution is 1.10. The maximum absolute atomic E-state index is 5.93. The van der Waals surface area contributed by atoms with Gasteiger partial charge in [0.25, 0.3) is 0 Å². The highest BCUT2D eigenvalue weighted by molar-refractivity contribution is 7.16. The lowest BCUT2D eigenvalue weighted by Crippen LogP contribution is -2.03. The molecular weight excluding hydrogens is 267 g/mol. The predicted octanol–water partition coefficient (Wildman–Crippen LogP) is 3.04. The van der Waals surface area contributed by atoms with Crippen LogP contribution in [0, 0.1) is 0 Å². The van der Waals surface area contributed by atoms with E-state index in [2.05, 4.69) is 15.3 Å². The monoisotopic (exact) mass is 274 g/mol. The van der Waals surface area contributed by atoms with Crippen molar-refractivity contribution < 1.29 is 0 Å². The van der Waals surface area contributed by atoms with Crippen LogP contribution in [0.4, 0.5) is 11.6 Å². The van der Waals surface area contributed by atoms with Gasteiger partial charge in [-0.15, -0.1) is 11.3 Å². The molecule has 0 aliphatic heterocycles. The molecule has 2 heterocycles. The van der Waals surface area contributed by atoms with Crippen molar-refractivity contribution in [2.24, 2.45) is 0 Å². The number of hydrogen-bond donors (Lipinski definition) is 2. The lowest BCUT2D eigenvalue weighted by atomic mass is 10.4. The molecule has 16 heavy (non-hydrogen) atoms. The molecule has 2 aromatic heterocycles. The van der Waals surface area contributed by atoms with Gasteiger partial charge in [0, 0.05) is 4.88 Å². The summed E-state index contributed by atoms with van der Waals surface area (Å²) < 4.78 is 0.755. The summed E-state index contributed by atoms with van der Waals surface area (Å²) in [6.45, 7) is 0.605. The first-order valence-corrected chi connectivity index (χ1v) is 5.98. The molecule has 0 radical (unpaired) electrons. The normalized spacial score (nSPS) is 10.4. The highest BCUT2D eigenvalue weighted by atomic mass is 35.5. The van der Waals surface area contributed by atoms with Crippen LogP contribution in [0.3, 0.4) is 0 Å². The molecule has 0 fully saturated rings. The summed E-state index contributed by atoms with van der Waals surface area (Å²) in [5.41, 5.74) is 5.55. The van der Waals surface area contributed by atoms with Crippen LogP contribution in [0.15, 0.2) is 18.5 Å². The van der Waals surface area contributed by atoms with Gasteiger partial charge in [0.2, 0.25) is 0 Å². The summed E-state index contributed by atoms with van der Waals surface area (Å²) in [6, 6.07) is 3.79. The minimum atomic E-state index is 0.267. The number of rotatable bonds is 3. The number of anilines is 2. The minimum Gasteiger partial charge on any atom is -0.382 e. The SMILES string of the molecule is Nc1ncnc(NCc2ccc(Cl)s2)c1Cl. The Bertz CT molecular complexity index is 500. The number of aromatic nitrogens is 2. The zero-order valence-electron chi connectivity index (χ0n) is 8.08. The number of nitrogen functional groups attached to an aromatic ring is 1. The number of nitrogens with one attached hydrogen (secondary N) is 1. The van der Waals surface area contributed by atoms with Crippen LogP contribution < -0.4 is 11.1 Å². The molecule has 0 aliphatic carbocycles. The second kappa shape index (κ2) is 4.86. The second-order valence-corrected chi connectivity index (χ2v) is 5.16. The molecule has 2 rings (SSSR count). The molecule has 0 saturated heterocycles. The van der Waals surface area contributed by atoms with E-state index in [0.717, 1.165) is 9.21 Å². The van der Waals surface area contributed by atoms with Crippen LogP contribution in [0.1, 0.15) is 4.88 Å². The van der Waals surface area contributed by atoms with Crippen LogP contribution in [0.5, 0.6) is 0 Å². The van der Waals surface area contributed by atoms with Gasteiger partial charge >= 0.3 is 0 Å². The minimum absolute atomic E-state index is 0.267. The van der Waals surface area contributed by atoms with Crippen molar-refractivity contribution >= 4 is 46.2 Å². The van der Waals surface area contributed by atoms with Crippen molar-refractivity contribution in [3.63, 3.8) is 0 Å². The van der Waals surface area contributed by atoms with Crippen molar-refractivity contribution in [2.75, 3.05) is 11.1 Å². The Morgan fingerprint density at radius 1 is 1.31 bits per heavy atom. The largest absolute Gasteiger partial charge is 0.382 e. The Labute approximate surface area is 106 Å². The van der Waals surface area contributed by atoms with Gasteiger partial charge in [-0.2, -0.15) is 0 Å². The first-order chi connectivity index (χ1) is 7.66. The van der Waals surface area contributed by atoms with E-state index in [1.165, 1.54) is 17.7 Å². The first-order valence-electron chi connectivity index (χ1n) is 4.41. The quantitative estimate of drug-likeness (QED) is 0.903. The van der Waals surface area contributed by atoms with Crippen molar-refractivity contribution in [1.29, 1.82) is 0 Å².